The summed E-state index contributed by atoms with van der Waals surface area (Å²) in [6.45, 7) is 4.19. The highest BCUT2D eigenvalue weighted by molar-refractivity contribution is 7.11. The van der Waals surface area contributed by atoms with Crippen molar-refractivity contribution in [1.82, 2.24) is 4.90 Å². The molecule has 0 aliphatic heterocycles. The summed E-state index contributed by atoms with van der Waals surface area (Å²) in [6, 6.07) is 4.40. The number of nitrogens with zero attached hydrogens (tertiary/aromatic N) is 1. The second-order valence-corrected chi connectivity index (χ2v) is 6.69. The number of aliphatic hydroxyl groups excluding tert-OH is 1. The zero-order chi connectivity index (χ0) is 12.3. The molecule has 1 saturated carbocycles. The average Bonchev–Trinajstić information content (AvgIpc) is 2.67. The van der Waals surface area contributed by atoms with Gasteiger partial charge < -0.3 is 10.0 Å². The van der Waals surface area contributed by atoms with Gasteiger partial charge in [0, 0.05) is 22.8 Å². The lowest BCUT2D eigenvalue weighted by Crippen LogP contribution is -2.34. The first-order valence-electron chi connectivity index (χ1n) is 6.57. The van der Waals surface area contributed by atoms with Crippen molar-refractivity contribution in [3.05, 3.63) is 21.9 Å². The molecule has 3 heteroatoms. The average molecular weight is 253 g/mol. The highest BCUT2D eigenvalue weighted by atomic mass is 32.1. The summed E-state index contributed by atoms with van der Waals surface area (Å²) < 4.78 is 0. The van der Waals surface area contributed by atoms with Gasteiger partial charge in [-0.05, 0) is 44.9 Å². The monoisotopic (exact) mass is 253 g/mol. The van der Waals surface area contributed by atoms with Crippen LogP contribution in [0.1, 0.15) is 35.4 Å². The van der Waals surface area contributed by atoms with Gasteiger partial charge in [0.15, 0.2) is 0 Å². The maximum atomic E-state index is 9.96. The highest BCUT2D eigenvalue weighted by Gasteiger charge is 2.24. The number of thiophene rings is 1. The summed E-state index contributed by atoms with van der Waals surface area (Å²) in [5.74, 6) is 0.481. The van der Waals surface area contributed by atoms with Crippen molar-refractivity contribution in [3.63, 3.8) is 0 Å². The third-order valence-corrected chi connectivity index (χ3v) is 4.62. The minimum absolute atomic E-state index is 0.0729. The molecule has 0 spiro atoms. The van der Waals surface area contributed by atoms with Gasteiger partial charge in [0.1, 0.15) is 0 Å². The largest absolute Gasteiger partial charge is 0.393 e. The van der Waals surface area contributed by atoms with Crippen LogP contribution in [0.25, 0.3) is 0 Å². The summed E-state index contributed by atoms with van der Waals surface area (Å²) >= 11 is 1.87. The van der Waals surface area contributed by atoms with Crippen molar-refractivity contribution in [2.24, 2.45) is 5.92 Å². The zero-order valence-electron chi connectivity index (χ0n) is 10.9. The van der Waals surface area contributed by atoms with Gasteiger partial charge in [-0.1, -0.05) is 12.8 Å². The molecule has 0 radical (unpaired) electrons. The van der Waals surface area contributed by atoms with Crippen LogP contribution < -0.4 is 0 Å². The van der Waals surface area contributed by atoms with Crippen LogP contribution in [-0.4, -0.2) is 29.7 Å². The fourth-order valence-corrected chi connectivity index (χ4v) is 3.67. The van der Waals surface area contributed by atoms with Crippen molar-refractivity contribution in [3.8, 4) is 0 Å². The minimum Gasteiger partial charge on any atom is -0.393 e. The van der Waals surface area contributed by atoms with E-state index in [1.54, 1.807) is 0 Å². The first-order valence-corrected chi connectivity index (χ1v) is 7.38. The molecule has 1 aromatic rings. The van der Waals surface area contributed by atoms with E-state index in [2.05, 4.69) is 31.0 Å². The van der Waals surface area contributed by atoms with Gasteiger partial charge in [-0.25, -0.2) is 0 Å². The Balaban J connectivity index is 1.82. The lowest BCUT2D eigenvalue weighted by molar-refractivity contribution is 0.0503. The van der Waals surface area contributed by atoms with Gasteiger partial charge >= 0.3 is 0 Å². The number of aliphatic hydroxyl groups is 1. The van der Waals surface area contributed by atoms with Crippen molar-refractivity contribution in [2.45, 2.75) is 45.3 Å². The maximum absolute atomic E-state index is 9.96. The summed E-state index contributed by atoms with van der Waals surface area (Å²) in [4.78, 5) is 5.16. The molecule has 96 valence electrons. The lowest BCUT2D eigenvalue weighted by Gasteiger charge is -2.31. The Morgan fingerprint density at radius 1 is 1.35 bits per heavy atom. The fourth-order valence-electron chi connectivity index (χ4n) is 2.70. The Bertz CT molecular complexity index is 350. The molecule has 1 fully saturated rings. The van der Waals surface area contributed by atoms with Crippen molar-refractivity contribution in [1.29, 1.82) is 0 Å². The predicted molar refractivity (Wildman–Crippen MR) is 73.4 cm³/mol. The van der Waals surface area contributed by atoms with Crippen molar-refractivity contribution >= 4 is 11.3 Å². The van der Waals surface area contributed by atoms with Crippen LogP contribution in [0.5, 0.6) is 0 Å². The Morgan fingerprint density at radius 2 is 2.12 bits per heavy atom. The normalized spacial score (nSPS) is 25.4. The quantitative estimate of drug-likeness (QED) is 0.891. The van der Waals surface area contributed by atoms with Gasteiger partial charge in [0.25, 0.3) is 0 Å². The number of rotatable bonds is 4. The van der Waals surface area contributed by atoms with Gasteiger partial charge in [-0.3, -0.25) is 0 Å². The molecule has 2 nitrogen and oxygen atoms in total. The molecule has 1 N–H and O–H groups in total. The molecule has 0 saturated heterocycles. The minimum atomic E-state index is -0.0729. The van der Waals surface area contributed by atoms with E-state index in [-0.39, 0.29) is 6.10 Å². The number of hydrogen-bond acceptors (Lipinski definition) is 3. The predicted octanol–water partition coefficient (Wildman–Crippen LogP) is 3.04. The molecule has 1 heterocycles. The van der Waals surface area contributed by atoms with Crippen LogP contribution in [0.2, 0.25) is 0 Å². The highest BCUT2D eigenvalue weighted by Crippen LogP contribution is 2.25. The Morgan fingerprint density at radius 3 is 2.76 bits per heavy atom. The van der Waals surface area contributed by atoms with Crippen LogP contribution in [-0.2, 0) is 6.54 Å². The fraction of sp³-hybridized carbons (Fsp3) is 0.714. The van der Waals surface area contributed by atoms with Crippen LogP contribution in [0.3, 0.4) is 0 Å². The second kappa shape index (κ2) is 5.98. The first kappa shape index (κ1) is 13.1. The summed E-state index contributed by atoms with van der Waals surface area (Å²) in [7, 11) is 2.16. The third kappa shape index (κ3) is 3.80. The van der Waals surface area contributed by atoms with E-state index in [9.17, 15) is 5.11 Å². The molecular weight excluding hydrogens is 230 g/mol. The first-order chi connectivity index (χ1) is 8.15. The topological polar surface area (TPSA) is 23.5 Å². The summed E-state index contributed by atoms with van der Waals surface area (Å²) in [5, 5.41) is 9.96. The lowest BCUT2D eigenvalue weighted by atomic mass is 9.86. The van der Waals surface area contributed by atoms with Crippen molar-refractivity contribution < 1.29 is 5.11 Å². The van der Waals surface area contributed by atoms with Crippen molar-refractivity contribution in [2.75, 3.05) is 13.6 Å². The molecule has 1 aromatic heterocycles. The molecule has 0 bridgehead atoms. The molecule has 17 heavy (non-hydrogen) atoms. The van der Waals surface area contributed by atoms with E-state index in [4.69, 9.17) is 0 Å². The van der Waals surface area contributed by atoms with E-state index < -0.39 is 0 Å². The molecule has 2 atom stereocenters. The zero-order valence-corrected chi connectivity index (χ0v) is 11.7. The van der Waals surface area contributed by atoms with E-state index in [0.29, 0.717) is 5.92 Å². The number of aryl methyl sites for hydroxylation is 1. The van der Waals surface area contributed by atoms with E-state index in [1.165, 1.54) is 29.0 Å². The summed E-state index contributed by atoms with van der Waals surface area (Å²) in [6.07, 6.45) is 4.60. The van der Waals surface area contributed by atoms with Crippen LogP contribution >= 0.6 is 11.3 Å². The van der Waals surface area contributed by atoms with Crippen LogP contribution in [0, 0.1) is 12.8 Å². The maximum Gasteiger partial charge on any atom is 0.0580 e. The van der Waals surface area contributed by atoms with Crippen LogP contribution in [0.15, 0.2) is 12.1 Å². The SMILES string of the molecule is Cc1ccc(CN(C)CC2CCCCC2O)s1. The number of hydrogen-bond donors (Lipinski definition) is 1. The van der Waals surface area contributed by atoms with Gasteiger partial charge in [0.05, 0.1) is 6.10 Å². The van der Waals surface area contributed by atoms with E-state index in [0.717, 1.165) is 19.5 Å². The molecule has 2 rings (SSSR count). The molecule has 0 aromatic carbocycles. The summed E-state index contributed by atoms with van der Waals surface area (Å²) in [5.41, 5.74) is 0. The van der Waals surface area contributed by atoms with E-state index in [1.807, 2.05) is 11.3 Å². The molecule has 2 unspecified atom stereocenters. The Labute approximate surface area is 108 Å². The van der Waals surface area contributed by atoms with E-state index >= 15 is 0 Å². The third-order valence-electron chi connectivity index (χ3n) is 3.64. The Kier molecular flexibility index (Phi) is 4.60. The molecule has 1 aliphatic rings. The van der Waals surface area contributed by atoms with Gasteiger partial charge in [0.2, 0.25) is 0 Å². The van der Waals surface area contributed by atoms with Gasteiger partial charge in [-0.15, -0.1) is 11.3 Å². The molecule has 0 amide bonds. The molecular formula is C14H23NOS. The Hall–Kier alpha value is -0.380. The standard InChI is InChI=1S/C14H23NOS/c1-11-7-8-13(17-11)10-15(2)9-12-5-3-4-6-14(12)16/h7-8,12,14,16H,3-6,9-10H2,1-2H3. The molecule has 1 aliphatic carbocycles. The smallest absolute Gasteiger partial charge is 0.0580 e. The van der Waals surface area contributed by atoms with Crippen LogP contribution in [0.4, 0.5) is 0 Å². The van der Waals surface area contributed by atoms with Gasteiger partial charge in [-0.2, -0.15) is 0 Å². The second-order valence-electron chi connectivity index (χ2n) is 5.32.